The lowest BCUT2D eigenvalue weighted by Crippen LogP contribution is -2.43. The summed E-state index contributed by atoms with van der Waals surface area (Å²) in [5, 5.41) is 0. The van der Waals surface area contributed by atoms with Gasteiger partial charge in [-0.25, -0.2) is 17.2 Å². The first-order chi connectivity index (χ1) is 6.68. The van der Waals surface area contributed by atoms with Gasteiger partial charge >= 0.3 is 0 Å². The number of nitrogens with two attached hydrogens (primary N) is 1. The molecule has 0 amide bonds. The second-order valence-electron chi connectivity index (χ2n) is 4.63. The fraction of sp³-hybridized carbons (Fsp3) is 1.00. The lowest BCUT2D eigenvalue weighted by Gasteiger charge is -2.38. The van der Waals surface area contributed by atoms with Crippen molar-refractivity contribution in [1.82, 2.24) is 0 Å². The van der Waals surface area contributed by atoms with Gasteiger partial charge < -0.3 is 5.73 Å². The summed E-state index contributed by atoms with van der Waals surface area (Å²) in [7, 11) is -3.16. The highest BCUT2D eigenvalue weighted by Gasteiger charge is 2.44. The molecule has 0 aliphatic heterocycles. The summed E-state index contributed by atoms with van der Waals surface area (Å²) < 4.78 is 48.2. The van der Waals surface area contributed by atoms with Gasteiger partial charge in [0, 0.05) is 19.1 Å². The third kappa shape index (κ3) is 3.68. The van der Waals surface area contributed by atoms with Crippen molar-refractivity contribution < 1.29 is 17.2 Å². The average molecular weight is 241 g/mol. The molecule has 0 atom stereocenters. The first-order valence-corrected chi connectivity index (χ1v) is 7.00. The number of halogens is 2. The molecule has 1 fully saturated rings. The Hall–Kier alpha value is -0.230. The fourth-order valence-corrected chi connectivity index (χ4v) is 3.63. The molecule has 0 aromatic rings. The maximum atomic E-state index is 12.9. The van der Waals surface area contributed by atoms with Crippen LogP contribution in [-0.2, 0) is 9.84 Å². The van der Waals surface area contributed by atoms with E-state index in [1.54, 1.807) is 0 Å². The van der Waals surface area contributed by atoms with Gasteiger partial charge in [-0.1, -0.05) is 0 Å². The number of alkyl halides is 2. The summed E-state index contributed by atoms with van der Waals surface area (Å²) in [6.07, 6.45) is 1.02. The fourth-order valence-electron chi connectivity index (χ4n) is 2.11. The molecule has 0 radical (unpaired) electrons. The van der Waals surface area contributed by atoms with E-state index in [-0.39, 0.29) is 38.0 Å². The maximum absolute atomic E-state index is 12.9. The molecule has 90 valence electrons. The number of hydrogen-bond acceptors (Lipinski definition) is 3. The molecule has 2 N–H and O–H groups in total. The van der Waals surface area contributed by atoms with Crippen LogP contribution in [0.25, 0.3) is 0 Å². The van der Waals surface area contributed by atoms with Crippen LogP contribution >= 0.6 is 0 Å². The molecule has 0 bridgehead atoms. The highest BCUT2D eigenvalue weighted by atomic mass is 32.2. The molecular weight excluding hydrogens is 224 g/mol. The quantitative estimate of drug-likeness (QED) is 0.807. The van der Waals surface area contributed by atoms with Crippen LogP contribution in [0.3, 0.4) is 0 Å². The highest BCUT2D eigenvalue weighted by Crippen LogP contribution is 2.43. The van der Waals surface area contributed by atoms with E-state index in [2.05, 4.69) is 0 Å². The van der Waals surface area contributed by atoms with Crippen molar-refractivity contribution in [3.05, 3.63) is 0 Å². The van der Waals surface area contributed by atoms with Gasteiger partial charge in [-0.15, -0.1) is 0 Å². The minimum atomic E-state index is -3.16. The number of hydrogen-bond donors (Lipinski definition) is 1. The van der Waals surface area contributed by atoms with Crippen LogP contribution in [0.5, 0.6) is 0 Å². The third-order valence-electron chi connectivity index (χ3n) is 3.04. The van der Waals surface area contributed by atoms with Crippen LogP contribution in [0.1, 0.15) is 25.7 Å². The van der Waals surface area contributed by atoms with Crippen LogP contribution < -0.4 is 5.73 Å². The Labute approximate surface area is 88.9 Å². The number of rotatable bonds is 3. The lowest BCUT2D eigenvalue weighted by atomic mass is 9.74. The Balaban J connectivity index is 2.73. The van der Waals surface area contributed by atoms with Crippen molar-refractivity contribution in [2.75, 3.05) is 18.6 Å². The summed E-state index contributed by atoms with van der Waals surface area (Å²) in [5.74, 6) is -2.72. The molecule has 1 rings (SSSR count). The maximum Gasteiger partial charge on any atom is 0.248 e. The van der Waals surface area contributed by atoms with Gasteiger partial charge in [0.15, 0.2) is 0 Å². The molecule has 0 aromatic heterocycles. The summed E-state index contributed by atoms with van der Waals surface area (Å²) in [6, 6.07) is 0. The molecule has 0 heterocycles. The molecular formula is C9H17F2NO2S. The second-order valence-corrected chi connectivity index (χ2v) is 6.77. The molecule has 0 aromatic carbocycles. The Kier molecular flexibility index (Phi) is 3.40. The van der Waals surface area contributed by atoms with Crippen molar-refractivity contribution in [3.63, 3.8) is 0 Å². The SMILES string of the molecule is CS(=O)(=O)CC1(CN)CCC(F)(F)CC1. The first kappa shape index (κ1) is 12.8. The average Bonchev–Trinajstić information content (AvgIpc) is 2.07. The van der Waals surface area contributed by atoms with Gasteiger partial charge in [0.2, 0.25) is 5.92 Å². The van der Waals surface area contributed by atoms with E-state index in [0.717, 1.165) is 6.26 Å². The Morgan fingerprint density at radius 2 is 1.67 bits per heavy atom. The third-order valence-corrected chi connectivity index (χ3v) is 4.18. The molecule has 15 heavy (non-hydrogen) atoms. The molecule has 1 aliphatic carbocycles. The van der Waals surface area contributed by atoms with Gasteiger partial charge in [-0.3, -0.25) is 0 Å². The van der Waals surface area contributed by atoms with Gasteiger partial charge in [0.1, 0.15) is 9.84 Å². The van der Waals surface area contributed by atoms with E-state index < -0.39 is 21.2 Å². The first-order valence-electron chi connectivity index (χ1n) is 4.94. The largest absolute Gasteiger partial charge is 0.330 e. The molecule has 1 aliphatic rings. The zero-order valence-electron chi connectivity index (χ0n) is 8.80. The molecule has 3 nitrogen and oxygen atoms in total. The predicted octanol–water partition coefficient (Wildman–Crippen LogP) is 1.19. The van der Waals surface area contributed by atoms with Crippen LogP contribution in [0, 0.1) is 5.41 Å². The highest BCUT2D eigenvalue weighted by molar-refractivity contribution is 7.90. The van der Waals surface area contributed by atoms with Crippen LogP contribution in [0.15, 0.2) is 0 Å². The van der Waals surface area contributed by atoms with E-state index in [9.17, 15) is 17.2 Å². The molecule has 6 heteroatoms. The monoisotopic (exact) mass is 241 g/mol. The van der Waals surface area contributed by atoms with Crippen LogP contribution in [0.4, 0.5) is 8.78 Å². The molecule has 0 unspecified atom stereocenters. The Morgan fingerprint density at radius 3 is 2.00 bits per heavy atom. The van der Waals surface area contributed by atoms with E-state index in [1.165, 1.54) is 0 Å². The summed E-state index contributed by atoms with van der Waals surface area (Å²) in [4.78, 5) is 0. The summed E-state index contributed by atoms with van der Waals surface area (Å²) in [5.41, 5.74) is 4.89. The van der Waals surface area contributed by atoms with Crippen molar-refractivity contribution in [1.29, 1.82) is 0 Å². The molecule has 0 spiro atoms. The van der Waals surface area contributed by atoms with Crippen molar-refractivity contribution >= 4 is 9.84 Å². The van der Waals surface area contributed by atoms with Crippen molar-refractivity contribution in [2.24, 2.45) is 11.1 Å². The van der Waals surface area contributed by atoms with Gasteiger partial charge in [0.05, 0.1) is 5.75 Å². The van der Waals surface area contributed by atoms with E-state index >= 15 is 0 Å². The smallest absolute Gasteiger partial charge is 0.248 e. The van der Waals surface area contributed by atoms with Gasteiger partial charge in [-0.05, 0) is 24.8 Å². The van der Waals surface area contributed by atoms with E-state index in [4.69, 9.17) is 5.73 Å². The van der Waals surface area contributed by atoms with Gasteiger partial charge in [0.25, 0.3) is 0 Å². The van der Waals surface area contributed by atoms with Crippen molar-refractivity contribution in [3.8, 4) is 0 Å². The van der Waals surface area contributed by atoms with Crippen LogP contribution in [-0.4, -0.2) is 32.9 Å². The predicted molar refractivity (Wildman–Crippen MR) is 54.6 cm³/mol. The minimum Gasteiger partial charge on any atom is -0.330 e. The minimum absolute atomic E-state index is 0.0768. The second kappa shape index (κ2) is 3.97. The number of sulfone groups is 1. The normalized spacial score (nSPS) is 25.1. The molecule has 0 saturated heterocycles. The zero-order valence-corrected chi connectivity index (χ0v) is 9.62. The standard InChI is InChI=1S/C9H17F2NO2S/c1-15(13,14)7-8(6-12)2-4-9(10,11)5-3-8/h2-7,12H2,1H3. The topological polar surface area (TPSA) is 60.2 Å². The summed E-state index contributed by atoms with van der Waals surface area (Å²) >= 11 is 0. The zero-order chi connectivity index (χ0) is 11.7. The van der Waals surface area contributed by atoms with Crippen LogP contribution in [0.2, 0.25) is 0 Å². The van der Waals surface area contributed by atoms with Crippen molar-refractivity contribution in [2.45, 2.75) is 31.6 Å². The van der Waals surface area contributed by atoms with E-state index in [1.807, 2.05) is 0 Å². The van der Waals surface area contributed by atoms with Gasteiger partial charge in [-0.2, -0.15) is 0 Å². The van der Waals surface area contributed by atoms with E-state index in [0.29, 0.717) is 0 Å². The Morgan fingerprint density at radius 1 is 1.20 bits per heavy atom. The molecule has 1 saturated carbocycles. The summed E-state index contributed by atoms with van der Waals surface area (Å²) in [6.45, 7) is 0.163. The lowest BCUT2D eigenvalue weighted by molar-refractivity contribution is -0.0608. The Bertz CT molecular complexity index is 317.